The average Bonchev–Trinajstić information content (AvgIpc) is 3.19. The number of nitrogen functional groups attached to an aromatic ring is 1. The van der Waals surface area contributed by atoms with Gasteiger partial charge in [0.2, 0.25) is 5.91 Å². The predicted octanol–water partition coefficient (Wildman–Crippen LogP) is 1.22. The molecule has 0 bridgehead atoms. The summed E-state index contributed by atoms with van der Waals surface area (Å²) in [6, 6.07) is 3.34. The molecule has 5 nitrogen and oxygen atoms in total. The quantitative estimate of drug-likeness (QED) is 0.839. The molecule has 2 rings (SSSR count). The third-order valence-corrected chi connectivity index (χ3v) is 3.37. The summed E-state index contributed by atoms with van der Waals surface area (Å²) < 4.78 is 1.39. The van der Waals surface area contributed by atoms with Gasteiger partial charge in [-0.2, -0.15) is 0 Å². The largest absolute Gasteiger partial charge is 0.398 e. The molecule has 0 atom stereocenters. The average molecular weight is 263 g/mol. The third-order valence-electron chi connectivity index (χ3n) is 3.37. The van der Waals surface area contributed by atoms with Gasteiger partial charge in [0.1, 0.15) is 6.54 Å². The zero-order valence-corrected chi connectivity index (χ0v) is 11.3. The molecule has 1 fully saturated rings. The molecule has 1 aliphatic carbocycles. The zero-order chi connectivity index (χ0) is 13.8. The van der Waals surface area contributed by atoms with Crippen LogP contribution in [-0.4, -0.2) is 28.0 Å². The first-order chi connectivity index (χ1) is 9.11. The van der Waals surface area contributed by atoms with E-state index in [2.05, 4.69) is 6.92 Å². The van der Waals surface area contributed by atoms with Gasteiger partial charge in [-0.3, -0.25) is 9.59 Å². The molecular formula is C14H21N3O2. The smallest absolute Gasteiger partial charge is 0.251 e. The lowest BCUT2D eigenvalue weighted by Gasteiger charge is -2.22. The molecule has 1 aliphatic rings. The fraction of sp³-hybridized carbons (Fsp3) is 0.571. The minimum absolute atomic E-state index is 0.0173. The number of anilines is 1. The number of hydrogen-bond acceptors (Lipinski definition) is 3. The summed E-state index contributed by atoms with van der Waals surface area (Å²) in [4.78, 5) is 25.9. The van der Waals surface area contributed by atoms with E-state index in [9.17, 15) is 9.59 Å². The third kappa shape index (κ3) is 3.59. The Morgan fingerprint density at radius 2 is 2.21 bits per heavy atom. The molecular weight excluding hydrogens is 242 g/mol. The van der Waals surface area contributed by atoms with E-state index in [1.54, 1.807) is 6.07 Å². The summed E-state index contributed by atoms with van der Waals surface area (Å²) in [5.41, 5.74) is 5.96. The van der Waals surface area contributed by atoms with Gasteiger partial charge in [-0.05, 0) is 25.3 Å². The molecule has 1 heterocycles. The second-order valence-corrected chi connectivity index (χ2v) is 5.10. The number of unbranched alkanes of at least 4 members (excludes halogenated alkanes) is 1. The number of carbonyl (C=O) groups excluding carboxylic acids is 1. The summed E-state index contributed by atoms with van der Waals surface area (Å²) in [6.07, 6.45) is 5.77. The Hall–Kier alpha value is -1.78. The lowest BCUT2D eigenvalue weighted by molar-refractivity contribution is -0.132. The molecule has 0 saturated heterocycles. The fourth-order valence-corrected chi connectivity index (χ4v) is 2.14. The molecule has 2 N–H and O–H groups in total. The number of amides is 1. The highest BCUT2D eigenvalue weighted by atomic mass is 16.2. The van der Waals surface area contributed by atoms with E-state index in [0.717, 1.165) is 32.2 Å². The molecule has 0 unspecified atom stereocenters. The highest BCUT2D eigenvalue weighted by Gasteiger charge is 2.31. The van der Waals surface area contributed by atoms with Crippen molar-refractivity contribution in [1.82, 2.24) is 9.47 Å². The summed E-state index contributed by atoms with van der Waals surface area (Å²) in [5, 5.41) is 0. The fourth-order valence-electron chi connectivity index (χ4n) is 2.14. The lowest BCUT2D eigenvalue weighted by atomic mass is 10.3. The first kappa shape index (κ1) is 13.6. The number of pyridine rings is 1. The summed E-state index contributed by atoms with van der Waals surface area (Å²) >= 11 is 0. The Bertz CT molecular complexity index is 506. The minimum Gasteiger partial charge on any atom is -0.398 e. The van der Waals surface area contributed by atoms with Crippen molar-refractivity contribution in [2.45, 2.75) is 45.2 Å². The Kier molecular flexibility index (Phi) is 4.24. The van der Waals surface area contributed by atoms with Crippen LogP contribution < -0.4 is 11.3 Å². The van der Waals surface area contributed by atoms with Crippen molar-refractivity contribution < 1.29 is 4.79 Å². The van der Waals surface area contributed by atoms with Gasteiger partial charge >= 0.3 is 0 Å². The van der Waals surface area contributed by atoms with Gasteiger partial charge in [0.15, 0.2) is 0 Å². The van der Waals surface area contributed by atoms with Crippen LogP contribution in [0, 0.1) is 0 Å². The number of nitrogens with zero attached hydrogens (tertiary/aromatic N) is 2. The maximum Gasteiger partial charge on any atom is 0.251 e. The number of aromatic nitrogens is 1. The number of carbonyl (C=O) groups is 1. The molecule has 0 aliphatic heterocycles. The number of nitrogens with two attached hydrogens (primary N) is 1. The summed E-state index contributed by atoms with van der Waals surface area (Å²) in [5.74, 6) is 0.0173. The van der Waals surface area contributed by atoms with Gasteiger partial charge in [-0.15, -0.1) is 0 Å². The van der Waals surface area contributed by atoms with Crippen molar-refractivity contribution in [3.8, 4) is 0 Å². The topological polar surface area (TPSA) is 68.3 Å². The Morgan fingerprint density at radius 1 is 1.47 bits per heavy atom. The second kappa shape index (κ2) is 5.91. The van der Waals surface area contributed by atoms with Crippen molar-refractivity contribution in [1.29, 1.82) is 0 Å². The Labute approximate surface area is 113 Å². The first-order valence-corrected chi connectivity index (χ1v) is 6.87. The second-order valence-electron chi connectivity index (χ2n) is 5.10. The Balaban J connectivity index is 2.05. The molecule has 19 heavy (non-hydrogen) atoms. The summed E-state index contributed by atoms with van der Waals surface area (Å²) in [6.45, 7) is 2.99. The van der Waals surface area contributed by atoms with Crippen LogP contribution in [0.25, 0.3) is 0 Å². The van der Waals surface area contributed by atoms with E-state index in [4.69, 9.17) is 5.73 Å². The minimum atomic E-state index is -0.186. The molecule has 1 aromatic rings. The van der Waals surface area contributed by atoms with Crippen LogP contribution in [-0.2, 0) is 11.3 Å². The molecule has 0 spiro atoms. The maximum absolute atomic E-state index is 12.3. The molecule has 1 amide bonds. The SMILES string of the molecule is CCCCN(C(=O)Cn1cc(N)ccc1=O)C1CC1. The van der Waals surface area contributed by atoms with Crippen molar-refractivity contribution >= 4 is 11.6 Å². The standard InChI is InChI=1S/C14H21N3O2/c1-2-3-8-17(12-5-6-12)14(19)10-16-9-11(15)4-7-13(16)18/h4,7,9,12H,2-3,5-6,8,10,15H2,1H3. The van der Waals surface area contributed by atoms with E-state index < -0.39 is 0 Å². The molecule has 104 valence electrons. The molecule has 5 heteroatoms. The van der Waals surface area contributed by atoms with E-state index in [0.29, 0.717) is 11.7 Å². The van der Waals surface area contributed by atoms with Gasteiger partial charge in [-0.25, -0.2) is 0 Å². The van der Waals surface area contributed by atoms with Gasteiger partial charge in [-0.1, -0.05) is 13.3 Å². The van der Waals surface area contributed by atoms with E-state index in [-0.39, 0.29) is 18.0 Å². The summed E-state index contributed by atoms with van der Waals surface area (Å²) in [7, 11) is 0. The van der Waals surface area contributed by atoms with E-state index in [1.165, 1.54) is 16.8 Å². The number of hydrogen-bond donors (Lipinski definition) is 1. The van der Waals surface area contributed by atoms with Crippen LogP contribution >= 0.6 is 0 Å². The number of rotatable bonds is 6. The molecule has 1 saturated carbocycles. The van der Waals surface area contributed by atoms with Crippen LogP contribution in [0.3, 0.4) is 0 Å². The Morgan fingerprint density at radius 3 is 2.84 bits per heavy atom. The van der Waals surface area contributed by atoms with Crippen LogP contribution in [0.5, 0.6) is 0 Å². The van der Waals surface area contributed by atoms with Gasteiger partial charge in [0.25, 0.3) is 5.56 Å². The highest BCUT2D eigenvalue weighted by molar-refractivity contribution is 5.76. The highest BCUT2D eigenvalue weighted by Crippen LogP contribution is 2.27. The van der Waals surface area contributed by atoms with E-state index in [1.807, 2.05) is 4.90 Å². The van der Waals surface area contributed by atoms with Gasteiger partial charge < -0.3 is 15.2 Å². The van der Waals surface area contributed by atoms with Gasteiger partial charge in [0.05, 0.1) is 0 Å². The van der Waals surface area contributed by atoms with E-state index >= 15 is 0 Å². The predicted molar refractivity (Wildman–Crippen MR) is 74.8 cm³/mol. The monoisotopic (exact) mass is 263 g/mol. The van der Waals surface area contributed by atoms with Gasteiger partial charge in [0, 0.05) is 30.5 Å². The van der Waals surface area contributed by atoms with Crippen LogP contribution in [0.15, 0.2) is 23.1 Å². The lowest BCUT2D eigenvalue weighted by Crippen LogP contribution is -2.38. The van der Waals surface area contributed by atoms with Crippen LogP contribution in [0.2, 0.25) is 0 Å². The van der Waals surface area contributed by atoms with Crippen molar-refractivity contribution in [2.75, 3.05) is 12.3 Å². The zero-order valence-electron chi connectivity index (χ0n) is 11.3. The van der Waals surface area contributed by atoms with Crippen molar-refractivity contribution in [3.05, 3.63) is 28.7 Å². The molecule has 0 radical (unpaired) electrons. The van der Waals surface area contributed by atoms with Crippen molar-refractivity contribution in [2.24, 2.45) is 0 Å². The van der Waals surface area contributed by atoms with Crippen LogP contribution in [0.4, 0.5) is 5.69 Å². The molecule has 0 aromatic carbocycles. The van der Waals surface area contributed by atoms with Crippen LogP contribution in [0.1, 0.15) is 32.6 Å². The normalized spacial score (nSPS) is 14.4. The maximum atomic E-state index is 12.3. The molecule has 1 aromatic heterocycles. The van der Waals surface area contributed by atoms with Crippen molar-refractivity contribution in [3.63, 3.8) is 0 Å². The first-order valence-electron chi connectivity index (χ1n) is 6.87.